The third-order valence-corrected chi connectivity index (χ3v) is 7.37. The van der Waals surface area contributed by atoms with Gasteiger partial charge in [0.25, 0.3) is 0 Å². The molecule has 1 aliphatic carbocycles. The number of hydrogen-bond donors (Lipinski definition) is 1. The van der Waals surface area contributed by atoms with Crippen molar-refractivity contribution in [3.63, 3.8) is 0 Å². The lowest BCUT2D eigenvalue weighted by atomic mass is 9.78. The number of carbonyl (C=O) groups excluding carboxylic acids is 1. The minimum Gasteiger partial charge on any atom is -0.384 e. The van der Waals surface area contributed by atoms with Gasteiger partial charge in [0.2, 0.25) is 0 Å². The molecule has 4 rings (SSSR count). The van der Waals surface area contributed by atoms with Crippen molar-refractivity contribution in [3.05, 3.63) is 72.2 Å². The lowest BCUT2D eigenvalue weighted by Gasteiger charge is -2.40. The zero-order valence-electron chi connectivity index (χ0n) is 15.1. The molecule has 2 aromatic rings. The molecule has 1 aromatic carbocycles. The van der Waals surface area contributed by atoms with Gasteiger partial charge in [-0.25, -0.2) is 0 Å². The van der Waals surface area contributed by atoms with Gasteiger partial charge in [0.1, 0.15) is 5.82 Å². The van der Waals surface area contributed by atoms with Crippen LogP contribution in [0.2, 0.25) is 5.02 Å². The number of anilines is 1. The van der Waals surface area contributed by atoms with Gasteiger partial charge in [0, 0.05) is 27.6 Å². The standard InChI is InChI=1S/C21H17BrClN3OS/c1-11-13(23)4-2-5-14(11)26-15-6-3-7-16(27)20(15)19(12(10-24)21(26)25)17-8-9-18(22)28-17/h2,4-5,8-9,19H,3,6-7,25H2,1H3/t19-/m0/s1. The molecule has 1 atom stereocenters. The van der Waals surface area contributed by atoms with Gasteiger partial charge in [-0.15, -0.1) is 11.3 Å². The summed E-state index contributed by atoms with van der Waals surface area (Å²) < 4.78 is 0.955. The van der Waals surface area contributed by atoms with Crippen LogP contribution in [-0.2, 0) is 4.79 Å². The van der Waals surface area contributed by atoms with E-state index in [1.165, 1.54) is 11.3 Å². The molecule has 1 aliphatic heterocycles. The predicted octanol–water partition coefficient (Wildman–Crippen LogP) is 5.78. The number of nitrogens with two attached hydrogens (primary N) is 1. The van der Waals surface area contributed by atoms with Gasteiger partial charge in [-0.3, -0.25) is 9.69 Å². The number of rotatable bonds is 2. The number of hydrogen-bond acceptors (Lipinski definition) is 5. The Morgan fingerprint density at radius 1 is 1.32 bits per heavy atom. The van der Waals surface area contributed by atoms with Crippen LogP contribution >= 0.6 is 38.9 Å². The van der Waals surface area contributed by atoms with Crippen LogP contribution in [-0.4, -0.2) is 5.78 Å². The van der Waals surface area contributed by atoms with Gasteiger partial charge in [-0.05, 0) is 65.5 Å². The second-order valence-corrected chi connectivity index (χ2v) is 9.74. The Morgan fingerprint density at radius 2 is 2.11 bits per heavy atom. The summed E-state index contributed by atoms with van der Waals surface area (Å²) in [5.74, 6) is 0.0383. The minimum absolute atomic E-state index is 0.0840. The molecule has 0 spiro atoms. The fourth-order valence-electron chi connectivity index (χ4n) is 3.97. The fraction of sp³-hybridized carbons (Fsp3) is 0.238. The van der Waals surface area contributed by atoms with Crippen molar-refractivity contribution in [1.29, 1.82) is 5.26 Å². The molecule has 1 aromatic heterocycles. The molecule has 0 amide bonds. The number of ketones is 1. The van der Waals surface area contributed by atoms with E-state index in [9.17, 15) is 10.1 Å². The van der Waals surface area contributed by atoms with Gasteiger partial charge in [-0.2, -0.15) is 5.26 Å². The van der Waals surface area contributed by atoms with Crippen LogP contribution in [0, 0.1) is 18.3 Å². The lowest BCUT2D eigenvalue weighted by molar-refractivity contribution is -0.116. The van der Waals surface area contributed by atoms with E-state index in [0.717, 1.165) is 38.5 Å². The molecular formula is C21H17BrClN3OS. The number of carbonyl (C=O) groups is 1. The number of halogens is 2. The number of nitrogens with zero attached hydrogens (tertiary/aromatic N) is 2. The summed E-state index contributed by atoms with van der Waals surface area (Å²) in [5, 5.41) is 10.6. The summed E-state index contributed by atoms with van der Waals surface area (Å²) in [6.07, 6.45) is 1.99. The van der Waals surface area contributed by atoms with Crippen molar-refractivity contribution in [1.82, 2.24) is 0 Å². The van der Waals surface area contributed by atoms with Crippen LogP contribution in [0.1, 0.15) is 35.6 Å². The van der Waals surface area contributed by atoms with Crippen LogP contribution in [0.25, 0.3) is 0 Å². The highest BCUT2D eigenvalue weighted by Gasteiger charge is 2.41. The van der Waals surface area contributed by atoms with Crippen molar-refractivity contribution < 1.29 is 4.79 Å². The van der Waals surface area contributed by atoms with E-state index in [-0.39, 0.29) is 5.78 Å². The van der Waals surface area contributed by atoms with E-state index >= 15 is 0 Å². The molecule has 0 saturated carbocycles. The van der Waals surface area contributed by atoms with Crippen LogP contribution < -0.4 is 10.6 Å². The zero-order valence-corrected chi connectivity index (χ0v) is 18.3. The Labute approximate surface area is 181 Å². The predicted molar refractivity (Wildman–Crippen MR) is 116 cm³/mol. The Morgan fingerprint density at radius 3 is 2.79 bits per heavy atom. The molecule has 7 heteroatoms. The molecule has 0 fully saturated rings. The van der Waals surface area contributed by atoms with E-state index in [4.69, 9.17) is 17.3 Å². The average Bonchev–Trinajstić information content (AvgIpc) is 3.10. The van der Waals surface area contributed by atoms with Crippen LogP contribution in [0.5, 0.6) is 0 Å². The van der Waals surface area contributed by atoms with Gasteiger partial charge >= 0.3 is 0 Å². The molecule has 142 valence electrons. The molecule has 0 saturated heterocycles. The molecule has 4 nitrogen and oxygen atoms in total. The first-order valence-electron chi connectivity index (χ1n) is 8.90. The monoisotopic (exact) mass is 473 g/mol. The molecule has 28 heavy (non-hydrogen) atoms. The molecule has 2 aliphatic rings. The zero-order chi connectivity index (χ0) is 20.0. The molecule has 0 unspecified atom stereocenters. The van der Waals surface area contributed by atoms with Crippen molar-refractivity contribution in [2.75, 3.05) is 4.90 Å². The minimum atomic E-state index is -0.417. The number of allylic oxidation sites excluding steroid dienone is 3. The van der Waals surface area contributed by atoms with Gasteiger partial charge in [0.05, 0.1) is 27.0 Å². The second kappa shape index (κ2) is 7.40. The highest BCUT2D eigenvalue weighted by atomic mass is 79.9. The summed E-state index contributed by atoms with van der Waals surface area (Å²) in [5.41, 5.74) is 10.2. The quantitative estimate of drug-likeness (QED) is 0.599. The smallest absolute Gasteiger partial charge is 0.161 e. The Bertz CT molecular complexity index is 1100. The summed E-state index contributed by atoms with van der Waals surface area (Å²) in [7, 11) is 0. The third kappa shape index (κ3) is 2.98. The van der Waals surface area contributed by atoms with E-state index in [2.05, 4.69) is 22.0 Å². The summed E-state index contributed by atoms with van der Waals surface area (Å²) in [4.78, 5) is 15.8. The number of nitriles is 1. The third-order valence-electron chi connectivity index (χ3n) is 5.27. The number of thiophene rings is 1. The Kier molecular flexibility index (Phi) is 5.09. The summed E-state index contributed by atoms with van der Waals surface area (Å²) >= 11 is 11.4. The molecule has 0 bridgehead atoms. The van der Waals surface area contributed by atoms with Gasteiger partial charge in [-0.1, -0.05) is 17.7 Å². The first-order valence-corrected chi connectivity index (χ1v) is 10.9. The molecular weight excluding hydrogens is 458 g/mol. The van der Waals surface area contributed by atoms with E-state index in [0.29, 0.717) is 28.4 Å². The Hall–Kier alpha value is -2.07. The summed E-state index contributed by atoms with van der Waals surface area (Å²) in [6, 6.07) is 11.8. The number of Topliss-reactive ketones (excluding diaryl/α,β-unsaturated/α-hetero) is 1. The van der Waals surface area contributed by atoms with Gasteiger partial charge in [0.15, 0.2) is 5.78 Å². The largest absolute Gasteiger partial charge is 0.384 e. The first-order chi connectivity index (χ1) is 13.4. The maximum absolute atomic E-state index is 13.0. The second-order valence-electron chi connectivity index (χ2n) is 6.84. The van der Waals surface area contributed by atoms with Crippen LogP contribution in [0.15, 0.2) is 56.8 Å². The van der Waals surface area contributed by atoms with Crippen molar-refractivity contribution in [3.8, 4) is 6.07 Å². The van der Waals surface area contributed by atoms with E-state index in [1.54, 1.807) is 0 Å². The molecule has 0 radical (unpaired) electrons. The molecule has 2 heterocycles. The van der Waals surface area contributed by atoms with Crippen molar-refractivity contribution in [2.24, 2.45) is 5.73 Å². The fourth-order valence-corrected chi connectivity index (χ4v) is 5.68. The van der Waals surface area contributed by atoms with E-state index in [1.807, 2.05) is 42.2 Å². The SMILES string of the molecule is Cc1c(Cl)cccc1N1C(N)=C(C#N)[C@@H](c2ccc(Br)s2)C2=C1CCCC2=O. The average molecular weight is 475 g/mol. The topological polar surface area (TPSA) is 70.1 Å². The van der Waals surface area contributed by atoms with Gasteiger partial charge < -0.3 is 5.73 Å². The lowest BCUT2D eigenvalue weighted by Crippen LogP contribution is -2.38. The summed E-state index contributed by atoms with van der Waals surface area (Å²) in [6.45, 7) is 1.92. The number of benzene rings is 1. The highest BCUT2D eigenvalue weighted by molar-refractivity contribution is 9.11. The highest BCUT2D eigenvalue weighted by Crippen LogP contribution is 2.48. The van der Waals surface area contributed by atoms with E-state index < -0.39 is 5.92 Å². The normalized spacial score (nSPS) is 19.7. The Balaban J connectivity index is 2.00. The van der Waals surface area contributed by atoms with Crippen LogP contribution in [0.3, 0.4) is 0 Å². The molecule has 2 N–H and O–H groups in total. The van der Waals surface area contributed by atoms with Crippen molar-refractivity contribution >= 4 is 50.3 Å². The first kappa shape index (κ1) is 19.3. The van der Waals surface area contributed by atoms with Crippen molar-refractivity contribution in [2.45, 2.75) is 32.1 Å². The maximum Gasteiger partial charge on any atom is 0.161 e. The van der Waals surface area contributed by atoms with Crippen LogP contribution in [0.4, 0.5) is 5.69 Å². The maximum atomic E-state index is 13.0.